The van der Waals surface area contributed by atoms with Gasteiger partial charge in [-0.2, -0.15) is 4.98 Å². The highest BCUT2D eigenvalue weighted by molar-refractivity contribution is 5.93. The van der Waals surface area contributed by atoms with Gasteiger partial charge in [-0.25, -0.2) is 9.78 Å². The molecule has 0 aliphatic carbocycles. The second-order valence-electron chi connectivity index (χ2n) is 6.42. The highest BCUT2D eigenvalue weighted by atomic mass is 16.5. The largest absolute Gasteiger partial charge is 0.422 e. The number of carbonyl (C=O) groups is 1. The van der Waals surface area contributed by atoms with Crippen LogP contribution >= 0.6 is 0 Å². The van der Waals surface area contributed by atoms with Crippen molar-refractivity contribution in [2.24, 2.45) is 5.73 Å². The fourth-order valence-electron chi connectivity index (χ4n) is 3.05. The number of nitrogens with one attached hydrogen (secondary N) is 1. The van der Waals surface area contributed by atoms with Gasteiger partial charge in [-0.15, -0.1) is 4.73 Å². The molecule has 8 heteroatoms. The molecule has 4 rings (SSSR count). The van der Waals surface area contributed by atoms with E-state index in [9.17, 15) is 14.8 Å². The van der Waals surface area contributed by atoms with Crippen LogP contribution in [0.4, 0.5) is 5.82 Å². The van der Waals surface area contributed by atoms with Gasteiger partial charge in [-0.1, -0.05) is 30.3 Å². The Morgan fingerprint density at radius 1 is 1.07 bits per heavy atom. The number of fused-ring (bicyclic) bond motifs is 1. The number of rotatable bonds is 5. The van der Waals surface area contributed by atoms with E-state index in [1.807, 2.05) is 36.4 Å². The molecule has 0 fully saturated rings. The van der Waals surface area contributed by atoms with Gasteiger partial charge in [0.05, 0.1) is 5.39 Å². The van der Waals surface area contributed by atoms with Gasteiger partial charge in [0.25, 0.3) is 0 Å². The molecule has 8 nitrogen and oxygen atoms in total. The molecule has 0 aliphatic heterocycles. The molecule has 2 heterocycles. The lowest BCUT2D eigenvalue weighted by Crippen LogP contribution is -2.23. The van der Waals surface area contributed by atoms with Crippen molar-refractivity contribution in [3.8, 4) is 11.1 Å². The minimum atomic E-state index is -0.804. The van der Waals surface area contributed by atoms with E-state index >= 15 is 0 Å². The standard InChI is InChI=1S/C21H17N5O3/c22-18(27)15-8-6-14(7-9-15)16-4-1-3-13(11-16)12-24-19-17-5-2-10-23-20(17)26(29)21(28)25-19/h1-11,29H,12H2,(H2,22,27)(H,24,25,28). The Kier molecular flexibility index (Phi) is 4.66. The van der Waals surface area contributed by atoms with E-state index in [4.69, 9.17) is 5.73 Å². The van der Waals surface area contributed by atoms with E-state index in [2.05, 4.69) is 15.3 Å². The Labute approximate surface area is 165 Å². The minimum absolute atomic E-state index is 0.137. The zero-order chi connectivity index (χ0) is 20.4. The van der Waals surface area contributed by atoms with Crippen LogP contribution in [-0.2, 0) is 6.54 Å². The summed E-state index contributed by atoms with van der Waals surface area (Å²) in [5, 5.41) is 13.5. The highest BCUT2D eigenvalue weighted by Crippen LogP contribution is 2.22. The molecule has 0 spiro atoms. The fraction of sp³-hybridized carbons (Fsp3) is 0.0476. The second kappa shape index (κ2) is 7.43. The molecule has 144 valence electrons. The number of benzene rings is 2. The van der Waals surface area contributed by atoms with E-state index in [0.717, 1.165) is 16.7 Å². The summed E-state index contributed by atoms with van der Waals surface area (Å²) in [5.74, 6) is -0.117. The molecule has 29 heavy (non-hydrogen) atoms. The maximum absolute atomic E-state index is 11.9. The van der Waals surface area contributed by atoms with Crippen molar-refractivity contribution in [2.45, 2.75) is 6.54 Å². The lowest BCUT2D eigenvalue weighted by atomic mass is 10.0. The summed E-state index contributed by atoms with van der Waals surface area (Å²) in [4.78, 5) is 31.0. The van der Waals surface area contributed by atoms with Crippen molar-refractivity contribution in [3.63, 3.8) is 0 Å². The first kappa shape index (κ1) is 18.2. The number of pyridine rings is 1. The molecule has 0 bridgehead atoms. The molecular formula is C21H17N5O3. The maximum Gasteiger partial charge on any atom is 0.384 e. The average molecular weight is 387 g/mol. The normalized spacial score (nSPS) is 10.8. The van der Waals surface area contributed by atoms with E-state index in [1.165, 1.54) is 6.20 Å². The van der Waals surface area contributed by atoms with E-state index in [1.54, 1.807) is 24.3 Å². The van der Waals surface area contributed by atoms with Crippen molar-refractivity contribution in [1.29, 1.82) is 0 Å². The molecule has 2 aromatic carbocycles. The first-order valence-corrected chi connectivity index (χ1v) is 8.83. The van der Waals surface area contributed by atoms with Crippen molar-refractivity contribution < 1.29 is 10.0 Å². The van der Waals surface area contributed by atoms with E-state index in [0.29, 0.717) is 28.0 Å². The third kappa shape index (κ3) is 3.63. The molecule has 2 aromatic heterocycles. The number of carbonyl (C=O) groups excluding carboxylic acids is 1. The SMILES string of the molecule is NC(=O)c1ccc(-c2cccc(CNc3nc(=O)n(O)c4ncccc34)c2)cc1. The number of anilines is 1. The van der Waals surface area contributed by atoms with Gasteiger partial charge in [-0.3, -0.25) is 4.79 Å². The molecule has 0 aliphatic rings. The lowest BCUT2D eigenvalue weighted by molar-refractivity contribution is 0.100. The van der Waals surface area contributed by atoms with Crippen molar-refractivity contribution in [3.05, 3.63) is 88.5 Å². The number of hydrogen-bond donors (Lipinski definition) is 3. The molecular weight excluding hydrogens is 370 g/mol. The molecule has 0 saturated heterocycles. The van der Waals surface area contributed by atoms with Crippen LogP contribution in [0.15, 0.2) is 71.7 Å². The van der Waals surface area contributed by atoms with Gasteiger partial charge in [0, 0.05) is 18.3 Å². The fourth-order valence-corrected chi connectivity index (χ4v) is 3.05. The van der Waals surface area contributed by atoms with Crippen molar-refractivity contribution >= 4 is 22.8 Å². The average Bonchev–Trinajstić information content (AvgIpc) is 2.75. The quantitative estimate of drug-likeness (QED) is 0.452. The summed E-state index contributed by atoms with van der Waals surface area (Å²) in [6, 6.07) is 18.3. The van der Waals surface area contributed by atoms with Crippen LogP contribution < -0.4 is 16.7 Å². The number of amides is 1. The molecule has 4 N–H and O–H groups in total. The van der Waals surface area contributed by atoms with Crippen LogP contribution in [0.1, 0.15) is 15.9 Å². The first-order valence-electron chi connectivity index (χ1n) is 8.83. The third-order valence-electron chi connectivity index (χ3n) is 4.52. The van der Waals surface area contributed by atoms with Crippen LogP contribution in [0.5, 0.6) is 0 Å². The molecule has 0 atom stereocenters. The van der Waals surface area contributed by atoms with E-state index in [-0.39, 0.29) is 5.65 Å². The summed E-state index contributed by atoms with van der Waals surface area (Å²) >= 11 is 0. The Morgan fingerprint density at radius 2 is 1.86 bits per heavy atom. The van der Waals surface area contributed by atoms with Gasteiger partial charge >= 0.3 is 5.69 Å². The summed E-state index contributed by atoms with van der Waals surface area (Å²) in [5.41, 5.74) is 7.97. The molecule has 0 unspecified atom stereocenters. The summed E-state index contributed by atoms with van der Waals surface area (Å²) < 4.78 is 0.427. The monoisotopic (exact) mass is 387 g/mol. The molecule has 0 radical (unpaired) electrons. The molecule has 1 amide bonds. The molecule has 4 aromatic rings. The van der Waals surface area contributed by atoms with Crippen molar-refractivity contribution in [1.82, 2.24) is 14.7 Å². The van der Waals surface area contributed by atoms with Crippen LogP contribution in [0.3, 0.4) is 0 Å². The number of aromatic nitrogens is 3. The zero-order valence-electron chi connectivity index (χ0n) is 15.2. The number of hydrogen-bond acceptors (Lipinski definition) is 6. The Hall–Kier alpha value is -4.20. The Bertz CT molecular complexity index is 1270. The maximum atomic E-state index is 11.9. The third-order valence-corrected chi connectivity index (χ3v) is 4.52. The van der Waals surface area contributed by atoms with E-state index < -0.39 is 11.6 Å². The predicted octanol–water partition coefficient (Wildman–Crippen LogP) is 2.41. The van der Waals surface area contributed by atoms with Crippen LogP contribution in [-0.4, -0.2) is 25.8 Å². The van der Waals surface area contributed by atoms with Gasteiger partial charge in [0.2, 0.25) is 5.91 Å². The number of nitrogens with zero attached hydrogens (tertiary/aromatic N) is 3. The summed E-state index contributed by atoms with van der Waals surface area (Å²) in [6.07, 6.45) is 1.49. The zero-order valence-corrected chi connectivity index (χ0v) is 15.2. The first-order chi connectivity index (χ1) is 14.0. The van der Waals surface area contributed by atoms with Gasteiger partial charge in [0.15, 0.2) is 5.65 Å². The number of nitrogens with two attached hydrogens (primary N) is 1. The highest BCUT2D eigenvalue weighted by Gasteiger charge is 2.10. The topological polar surface area (TPSA) is 123 Å². The van der Waals surface area contributed by atoms with Crippen LogP contribution in [0.2, 0.25) is 0 Å². The van der Waals surface area contributed by atoms with Gasteiger partial charge < -0.3 is 16.3 Å². The summed E-state index contributed by atoms with van der Waals surface area (Å²) in [7, 11) is 0. The summed E-state index contributed by atoms with van der Waals surface area (Å²) in [6.45, 7) is 0.416. The predicted molar refractivity (Wildman–Crippen MR) is 109 cm³/mol. The Morgan fingerprint density at radius 3 is 2.62 bits per heavy atom. The molecule has 0 saturated carbocycles. The van der Waals surface area contributed by atoms with Crippen LogP contribution in [0.25, 0.3) is 22.2 Å². The minimum Gasteiger partial charge on any atom is -0.422 e. The Balaban J connectivity index is 1.60. The number of primary amides is 1. The van der Waals surface area contributed by atoms with Crippen LogP contribution in [0, 0.1) is 0 Å². The van der Waals surface area contributed by atoms with Gasteiger partial charge in [0.1, 0.15) is 5.82 Å². The second-order valence-corrected chi connectivity index (χ2v) is 6.42. The lowest BCUT2D eigenvalue weighted by Gasteiger charge is -2.10. The van der Waals surface area contributed by atoms with Crippen molar-refractivity contribution in [2.75, 3.05) is 5.32 Å². The smallest absolute Gasteiger partial charge is 0.384 e. The van der Waals surface area contributed by atoms with Gasteiger partial charge in [-0.05, 0) is 47.0 Å².